The molecule has 0 saturated heterocycles. The SMILES string of the molecule is Cc1ccc2c(n1)C/C(=C(/O)C(F)(F)C(F)(F)F)C2O. The van der Waals surface area contributed by atoms with E-state index < -0.39 is 36.0 Å². The summed E-state index contributed by atoms with van der Waals surface area (Å²) >= 11 is 0. The van der Waals surface area contributed by atoms with E-state index in [0.717, 1.165) is 0 Å². The fraction of sp³-hybridized carbons (Fsp3) is 0.417. The summed E-state index contributed by atoms with van der Waals surface area (Å²) in [6.07, 6.45) is -8.09. The summed E-state index contributed by atoms with van der Waals surface area (Å²) < 4.78 is 62.8. The van der Waals surface area contributed by atoms with E-state index in [-0.39, 0.29) is 11.3 Å². The van der Waals surface area contributed by atoms with Gasteiger partial charge in [-0.15, -0.1) is 0 Å². The number of alkyl halides is 5. The Balaban J connectivity index is 2.48. The van der Waals surface area contributed by atoms with Crippen LogP contribution >= 0.6 is 0 Å². The highest BCUT2D eigenvalue weighted by atomic mass is 19.4. The summed E-state index contributed by atoms with van der Waals surface area (Å²) in [6, 6.07) is 2.87. The molecule has 0 aromatic carbocycles. The van der Waals surface area contributed by atoms with Crippen LogP contribution in [0.15, 0.2) is 23.5 Å². The first kappa shape index (κ1) is 14.7. The number of fused-ring (bicyclic) bond motifs is 1. The van der Waals surface area contributed by atoms with Crippen molar-refractivity contribution in [3.05, 3.63) is 40.4 Å². The van der Waals surface area contributed by atoms with Crippen LogP contribution in [0.1, 0.15) is 23.1 Å². The average Bonchev–Trinajstić information content (AvgIpc) is 2.63. The van der Waals surface area contributed by atoms with Crippen molar-refractivity contribution < 1.29 is 32.2 Å². The van der Waals surface area contributed by atoms with E-state index in [9.17, 15) is 32.2 Å². The lowest BCUT2D eigenvalue weighted by atomic mass is 10.1. The minimum Gasteiger partial charge on any atom is -0.506 e. The summed E-state index contributed by atoms with van der Waals surface area (Å²) in [4.78, 5) is 3.95. The second-order valence-electron chi connectivity index (χ2n) is 4.51. The lowest BCUT2D eigenvalue weighted by molar-refractivity contribution is -0.275. The van der Waals surface area contributed by atoms with Crippen molar-refractivity contribution in [2.24, 2.45) is 0 Å². The fourth-order valence-corrected chi connectivity index (χ4v) is 2.03. The number of pyridine rings is 1. The molecule has 2 rings (SSSR count). The maximum absolute atomic E-state index is 13.1. The number of halogens is 5. The smallest absolute Gasteiger partial charge is 0.461 e. The number of nitrogens with zero attached hydrogens (tertiary/aromatic N) is 1. The number of aliphatic hydroxyl groups excluding tert-OH is 2. The van der Waals surface area contributed by atoms with Crippen molar-refractivity contribution in [2.75, 3.05) is 0 Å². The maximum Gasteiger partial charge on any atom is 0.461 e. The molecule has 1 aliphatic rings. The van der Waals surface area contributed by atoms with Crippen LogP contribution in [-0.2, 0) is 6.42 Å². The molecule has 1 unspecified atom stereocenters. The van der Waals surface area contributed by atoms with Crippen LogP contribution in [0, 0.1) is 6.92 Å². The first-order chi connectivity index (χ1) is 9.05. The summed E-state index contributed by atoms with van der Waals surface area (Å²) in [5, 5.41) is 19.0. The molecule has 0 saturated carbocycles. The molecule has 1 aromatic heterocycles. The van der Waals surface area contributed by atoms with Gasteiger partial charge in [0.1, 0.15) is 6.10 Å². The number of aromatic nitrogens is 1. The largest absolute Gasteiger partial charge is 0.506 e. The lowest BCUT2D eigenvalue weighted by Gasteiger charge is -2.21. The van der Waals surface area contributed by atoms with Crippen molar-refractivity contribution in [3.63, 3.8) is 0 Å². The van der Waals surface area contributed by atoms with Crippen LogP contribution in [0.25, 0.3) is 0 Å². The van der Waals surface area contributed by atoms with E-state index in [4.69, 9.17) is 0 Å². The maximum atomic E-state index is 13.1. The standard InChI is InChI=1S/C12H10F5NO2/c1-5-2-3-6-8(18-5)4-7(9(6)19)10(20)11(13,14)12(15,16)17/h2-3,9,19-20H,4H2,1H3/b10-7-. The highest BCUT2D eigenvalue weighted by molar-refractivity contribution is 5.42. The van der Waals surface area contributed by atoms with E-state index in [1.807, 2.05) is 0 Å². The van der Waals surface area contributed by atoms with Crippen LogP contribution in [0.2, 0.25) is 0 Å². The zero-order chi connectivity index (χ0) is 15.3. The molecule has 0 radical (unpaired) electrons. The van der Waals surface area contributed by atoms with E-state index in [1.165, 1.54) is 12.1 Å². The minimum absolute atomic E-state index is 0.120. The van der Waals surface area contributed by atoms with E-state index in [2.05, 4.69) is 4.98 Å². The predicted molar refractivity (Wildman–Crippen MR) is 58.3 cm³/mol. The summed E-state index contributed by atoms with van der Waals surface area (Å²) in [5.74, 6) is -7.56. The molecular formula is C12H10F5NO2. The highest BCUT2D eigenvalue weighted by Gasteiger charge is 2.62. The molecule has 3 nitrogen and oxygen atoms in total. The second kappa shape index (κ2) is 4.41. The normalized spacial score (nSPS) is 21.9. The topological polar surface area (TPSA) is 53.4 Å². The van der Waals surface area contributed by atoms with Gasteiger partial charge in [0, 0.05) is 23.3 Å². The lowest BCUT2D eigenvalue weighted by Crippen LogP contribution is -2.39. The molecule has 20 heavy (non-hydrogen) atoms. The van der Waals surface area contributed by atoms with E-state index in [0.29, 0.717) is 5.69 Å². The third-order valence-corrected chi connectivity index (χ3v) is 3.09. The molecule has 1 aliphatic carbocycles. The van der Waals surface area contributed by atoms with Crippen LogP contribution in [0.4, 0.5) is 22.0 Å². The molecule has 1 atom stereocenters. The van der Waals surface area contributed by atoms with Gasteiger partial charge in [-0.25, -0.2) is 0 Å². The molecule has 0 spiro atoms. The third kappa shape index (κ3) is 2.13. The second-order valence-corrected chi connectivity index (χ2v) is 4.51. The minimum atomic E-state index is -5.93. The Bertz CT molecular complexity index is 580. The Morgan fingerprint density at radius 3 is 2.40 bits per heavy atom. The first-order valence-electron chi connectivity index (χ1n) is 5.57. The molecule has 2 N–H and O–H groups in total. The number of hydrogen-bond acceptors (Lipinski definition) is 3. The zero-order valence-electron chi connectivity index (χ0n) is 10.2. The van der Waals surface area contributed by atoms with Gasteiger partial charge in [0.25, 0.3) is 0 Å². The summed E-state index contributed by atoms with van der Waals surface area (Å²) in [7, 11) is 0. The number of hydrogen-bond donors (Lipinski definition) is 2. The molecular weight excluding hydrogens is 285 g/mol. The number of allylic oxidation sites excluding steroid dienone is 1. The molecule has 1 heterocycles. The highest BCUT2D eigenvalue weighted by Crippen LogP contribution is 2.45. The molecule has 8 heteroatoms. The van der Waals surface area contributed by atoms with Gasteiger partial charge >= 0.3 is 12.1 Å². The van der Waals surface area contributed by atoms with Crippen molar-refractivity contribution >= 4 is 0 Å². The van der Waals surface area contributed by atoms with Gasteiger partial charge in [0.15, 0.2) is 5.76 Å². The quantitative estimate of drug-likeness (QED) is 0.618. The van der Waals surface area contributed by atoms with Crippen LogP contribution < -0.4 is 0 Å². The number of aliphatic hydroxyl groups is 2. The fourth-order valence-electron chi connectivity index (χ4n) is 2.03. The predicted octanol–water partition coefficient (Wildman–Crippen LogP) is 2.99. The summed E-state index contributed by atoms with van der Waals surface area (Å²) in [5.41, 5.74) is 0.0480. The van der Waals surface area contributed by atoms with Gasteiger partial charge < -0.3 is 10.2 Å². The Kier molecular flexibility index (Phi) is 3.24. The van der Waals surface area contributed by atoms with Crippen LogP contribution in [0.5, 0.6) is 0 Å². The van der Waals surface area contributed by atoms with Crippen molar-refractivity contribution in [2.45, 2.75) is 31.5 Å². The van der Waals surface area contributed by atoms with Gasteiger partial charge in [-0.1, -0.05) is 6.07 Å². The van der Waals surface area contributed by atoms with Gasteiger partial charge in [0.05, 0.1) is 5.69 Å². The van der Waals surface area contributed by atoms with Gasteiger partial charge in [0.2, 0.25) is 0 Å². The Labute approximate surface area is 110 Å². The molecule has 110 valence electrons. The molecule has 1 aromatic rings. The van der Waals surface area contributed by atoms with Gasteiger partial charge in [-0.05, 0) is 13.0 Å². The summed E-state index contributed by atoms with van der Waals surface area (Å²) in [6.45, 7) is 1.61. The zero-order valence-corrected chi connectivity index (χ0v) is 10.2. The van der Waals surface area contributed by atoms with Crippen LogP contribution in [-0.4, -0.2) is 27.3 Å². The van der Waals surface area contributed by atoms with Gasteiger partial charge in [-0.3, -0.25) is 4.98 Å². The monoisotopic (exact) mass is 295 g/mol. The molecule has 0 amide bonds. The van der Waals surface area contributed by atoms with Crippen molar-refractivity contribution in [3.8, 4) is 0 Å². The number of aryl methyl sites for hydroxylation is 1. The Morgan fingerprint density at radius 1 is 1.25 bits per heavy atom. The van der Waals surface area contributed by atoms with E-state index in [1.54, 1.807) is 6.92 Å². The molecule has 0 aliphatic heterocycles. The van der Waals surface area contributed by atoms with Crippen molar-refractivity contribution in [1.82, 2.24) is 4.98 Å². The number of rotatable bonds is 1. The first-order valence-corrected chi connectivity index (χ1v) is 5.57. The van der Waals surface area contributed by atoms with Crippen LogP contribution in [0.3, 0.4) is 0 Å². The third-order valence-electron chi connectivity index (χ3n) is 3.09. The Hall–Kier alpha value is -1.70. The average molecular weight is 295 g/mol. The van der Waals surface area contributed by atoms with Crippen molar-refractivity contribution in [1.29, 1.82) is 0 Å². The van der Waals surface area contributed by atoms with Gasteiger partial charge in [-0.2, -0.15) is 22.0 Å². The Morgan fingerprint density at radius 2 is 1.85 bits per heavy atom. The molecule has 0 fully saturated rings. The molecule has 0 bridgehead atoms. The van der Waals surface area contributed by atoms with E-state index >= 15 is 0 Å².